The second kappa shape index (κ2) is 6.98. The van der Waals surface area contributed by atoms with E-state index in [0.29, 0.717) is 11.6 Å². The van der Waals surface area contributed by atoms with Crippen molar-refractivity contribution in [2.45, 2.75) is 39.8 Å². The molecule has 0 N–H and O–H groups in total. The highest BCUT2D eigenvalue weighted by atomic mass is 16.6. The molecule has 3 aromatic rings. The van der Waals surface area contributed by atoms with Crippen LogP contribution < -0.4 is 0 Å². The van der Waals surface area contributed by atoms with Crippen LogP contribution in [0.3, 0.4) is 0 Å². The first kappa shape index (κ1) is 18.8. The van der Waals surface area contributed by atoms with Gasteiger partial charge >= 0.3 is 6.09 Å². The second-order valence-corrected chi connectivity index (χ2v) is 7.64. The molecule has 7 heteroatoms. The quantitative estimate of drug-likeness (QED) is 0.706. The summed E-state index contributed by atoms with van der Waals surface area (Å²) < 4.78 is 7.10. The number of fused-ring (bicyclic) bond motifs is 1. The summed E-state index contributed by atoms with van der Waals surface area (Å²) in [6.45, 7) is 7.84. The predicted octanol–water partition coefficient (Wildman–Crippen LogP) is 3.71. The van der Waals surface area contributed by atoms with Crippen molar-refractivity contribution in [3.05, 3.63) is 41.9 Å². The average molecular weight is 367 g/mol. The van der Waals surface area contributed by atoms with Gasteiger partial charge in [-0.3, -0.25) is 4.98 Å². The predicted molar refractivity (Wildman–Crippen MR) is 104 cm³/mol. The monoisotopic (exact) mass is 367 g/mol. The van der Waals surface area contributed by atoms with Crippen LogP contribution in [0.5, 0.6) is 0 Å². The zero-order chi connectivity index (χ0) is 19.8. The van der Waals surface area contributed by atoms with Crippen LogP contribution >= 0.6 is 0 Å². The summed E-state index contributed by atoms with van der Waals surface area (Å²) in [5.41, 5.74) is 2.42. The van der Waals surface area contributed by atoms with E-state index >= 15 is 0 Å². The van der Waals surface area contributed by atoms with Gasteiger partial charge < -0.3 is 9.64 Å². The van der Waals surface area contributed by atoms with Crippen LogP contribution in [0.25, 0.3) is 22.3 Å². The summed E-state index contributed by atoms with van der Waals surface area (Å²) in [5, 5.41) is 5.55. The molecule has 0 saturated heterocycles. The standard InChI is InChI=1S/C20H25N5O2/c1-13-9-10-15(17-14(13)8-7-11-21-17)18-22-16(23-25(18)6)12-24(5)19(26)27-20(2,3)4/h7-11H,12H2,1-6H3. The number of hydrogen-bond acceptors (Lipinski definition) is 5. The molecule has 0 saturated carbocycles. The van der Waals surface area contributed by atoms with Crippen molar-refractivity contribution >= 4 is 17.0 Å². The highest BCUT2D eigenvalue weighted by Gasteiger charge is 2.21. The summed E-state index contributed by atoms with van der Waals surface area (Å²) in [7, 11) is 3.51. The van der Waals surface area contributed by atoms with E-state index in [4.69, 9.17) is 4.74 Å². The third-order valence-electron chi connectivity index (χ3n) is 4.12. The minimum Gasteiger partial charge on any atom is -0.444 e. The van der Waals surface area contributed by atoms with Gasteiger partial charge in [-0.2, -0.15) is 5.10 Å². The first-order valence-electron chi connectivity index (χ1n) is 8.84. The molecule has 0 unspecified atom stereocenters. The van der Waals surface area contributed by atoms with Crippen molar-refractivity contribution in [1.82, 2.24) is 24.6 Å². The Hall–Kier alpha value is -2.96. The Labute approximate surface area is 159 Å². The molecule has 0 bridgehead atoms. The average Bonchev–Trinajstić information content (AvgIpc) is 2.94. The molecule has 1 amide bonds. The zero-order valence-corrected chi connectivity index (χ0v) is 16.6. The molecule has 0 radical (unpaired) electrons. The number of aromatic nitrogens is 4. The molecule has 0 fully saturated rings. The Morgan fingerprint density at radius 3 is 2.70 bits per heavy atom. The third kappa shape index (κ3) is 4.07. The number of pyridine rings is 1. The molecular formula is C20H25N5O2. The van der Waals surface area contributed by atoms with Gasteiger partial charge in [0.05, 0.1) is 12.1 Å². The Kier molecular flexibility index (Phi) is 4.87. The fraction of sp³-hybridized carbons (Fsp3) is 0.400. The maximum atomic E-state index is 12.2. The Balaban J connectivity index is 1.90. The van der Waals surface area contributed by atoms with Gasteiger partial charge in [0.2, 0.25) is 0 Å². The number of carbonyl (C=O) groups excluding carboxylic acids is 1. The van der Waals surface area contributed by atoms with Crippen LogP contribution in [0, 0.1) is 6.92 Å². The van der Waals surface area contributed by atoms with Gasteiger partial charge in [0.15, 0.2) is 11.6 Å². The molecule has 142 valence electrons. The number of carbonyl (C=O) groups is 1. The van der Waals surface area contributed by atoms with Gasteiger partial charge in [-0.15, -0.1) is 0 Å². The van der Waals surface area contributed by atoms with Crippen LogP contribution in [0.4, 0.5) is 4.79 Å². The third-order valence-corrected chi connectivity index (χ3v) is 4.12. The lowest BCUT2D eigenvalue weighted by Gasteiger charge is -2.23. The van der Waals surface area contributed by atoms with E-state index in [0.717, 1.165) is 22.0 Å². The molecule has 0 spiro atoms. The largest absolute Gasteiger partial charge is 0.444 e. The molecule has 27 heavy (non-hydrogen) atoms. The van der Waals surface area contributed by atoms with E-state index in [-0.39, 0.29) is 6.54 Å². The molecule has 0 atom stereocenters. The van der Waals surface area contributed by atoms with Gasteiger partial charge in [0.1, 0.15) is 5.60 Å². The number of nitrogens with zero attached hydrogens (tertiary/aromatic N) is 5. The summed E-state index contributed by atoms with van der Waals surface area (Å²) in [6, 6.07) is 8.04. The van der Waals surface area contributed by atoms with E-state index in [1.807, 2.05) is 40.0 Å². The molecular weight excluding hydrogens is 342 g/mol. The van der Waals surface area contributed by atoms with Crippen molar-refractivity contribution in [3.8, 4) is 11.4 Å². The van der Waals surface area contributed by atoms with Gasteiger partial charge in [0, 0.05) is 31.2 Å². The minimum absolute atomic E-state index is 0.264. The van der Waals surface area contributed by atoms with Crippen molar-refractivity contribution in [2.75, 3.05) is 7.05 Å². The smallest absolute Gasteiger partial charge is 0.410 e. The summed E-state index contributed by atoms with van der Waals surface area (Å²) >= 11 is 0. The molecule has 7 nitrogen and oxygen atoms in total. The number of rotatable bonds is 3. The Morgan fingerprint density at radius 1 is 1.26 bits per heavy atom. The van der Waals surface area contributed by atoms with Crippen molar-refractivity contribution < 1.29 is 9.53 Å². The van der Waals surface area contributed by atoms with Gasteiger partial charge in [-0.1, -0.05) is 12.1 Å². The second-order valence-electron chi connectivity index (χ2n) is 7.64. The molecule has 2 heterocycles. The summed E-state index contributed by atoms with van der Waals surface area (Å²) in [6.07, 6.45) is 1.37. The first-order chi connectivity index (χ1) is 12.7. The maximum Gasteiger partial charge on any atom is 0.410 e. The highest BCUT2D eigenvalue weighted by Crippen LogP contribution is 2.27. The van der Waals surface area contributed by atoms with Crippen molar-refractivity contribution in [1.29, 1.82) is 0 Å². The molecule has 0 aliphatic rings. The van der Waals surface area contributed by atoms with Gasteiger partial charge in [-0.05, 0) is 45.4 Å². The van der Waals surface area contributed by atoms with Crippen molar-refractivity contribution in [3.63, 3.8) is 0 Å². The van der Waals surface area contributed by atoms with E-state index < -0.39 is 11.7 Å². The van der Waals surface area contributed by atoms with Crippen LogP contribution in [-0.2, 0) is 18.3 Å². The van der Waals surface area contributed by atoms with Crippen LogP contribution in [0.1, 0.15) is 32.2 Å². The molecule has 3 rings (SSSR count). The fourth-order valence-corrected chi connectivity index (χ4v) is 2.85. The maximum absolute atomic E-state index is 12.2. The van der Waals surface area contributed by atoms with Crippen LogP contribution in [-0.4, -0.2) is 43.4 Å². The number of aryl methyl sites for hydroxylation is 2. The van der Waals surface area contributed by atoms with Crippen molar-refractivity contribution in [2.24, 2.45) is 7.05 Å². The number of benzene rings is 1. The zero-order valence-electron chi connectivity index (χ0n) is 16.6. The highest BCUT2D eigenvalue weighted by molar-refractivity contribution is 5.93. The molecule has 0 aliphatic heterocycles. The lowest BCUT2D eigenvalue weighted by Crippen LogP contribution is -2.34. The van der Waals surface area contributed by atoms with E-state index in [9.17, 15) is 4.79 Å². The minimum atomic E-state index is -0.541. The van der Waals surface area contributed by atoms with Crippen LogP contribution in [0.15, 0.2) is 30.5 Å². The summed E-state index contributed by atoms with van der Waals surface area (Å²) in [4.78, 5) is 22.8. The normalized spacial score (nSPS) is 11.6. The number of ether oxygens (including phenoxy) is 1. The van der Waals surface area contributed by atoms with Crippen LogP contribution in [0.2, 0.25) is 0 Å². The van der Waals surface area contributed by atoms with Gasteiger partial charge in [-0.25, -0.2) is 14.5 Å². The Morgan fingerprint density at radius 2 is 2.00 bits per heavy atom. The summed E-state index contributed by atoms with van der Waals surface area (Å²) in [5.74, 6) is 1.26. The fourth-order valence-electron chi connectivity index (χ4n) is 2.85. The SMILES string of the molecule is Cc1ccc(-c2nc(CN(C)C(=O)OC(C)(C)C)nn2C)c2ncccc12. The molecule has 2 aromatic heterocycles. The lowest BCUT2D eigenvalue weighted by atomic mass is 10.0. The van der Waals surface area contributed by atoms with E-state index in [2.05, 4.69) is 34.1 Å². The first-order valence-corrected chi connectivity index (χ1v) is 8.84. The lowest BCUT2D eigenvalue weighted by molar-refractivity contribution is 0.0281. The number of amides is 1. The van der Waals surface area contributed by atoms with E-state index in [1.165, 1.54) is 4.90 Å². The van der Waals surface area contributed by atoms with Gasteiger partial charge in [0.25, 0.3) is 0 Å². The molecule has 0 aliphatic carbocycles. The topological polar surface area (TPSA) is 73.1 Å². The van der Waals surface area contributed by atoms with E-state index in [1.54, 1.807) is 17.9 Å². The Bertz CT molecular complexity index is 988. The molecule has 1 aromatic carbocycles. The number of hydrogen-bond donors (Lipinski definition) is 0.